The van der Waals surface area contributed by atoms with E-state index in [1.165, 1.54) is 16.1 Å². The summed E-state index contributed by atoms with van der Waals surface area (Å²) < 4.78 is 27.5. The number of thioether (sulfide) groups is 1. The first-order chi connectivity index (χ1) is 12.9. The Hall–Kier alpha value is -1.83. The Balaban J connectivity index is 1.79. The molecule has 2 aromatic carbocycles. The van der Waals surface area contributed by atoms with Gasteiger partial charge < -0.3 is 5.32 Å². The zero-order valence-corrected chi connectivity index (χ0v) is 17.1. The van der Waals surface area contributed by atoms with E-state index >= 15 is 0 Å². The highest BCUT2D eigenvalue weighted by Crippen LogP contribution is 2.30. The molecule has 27 heavy (non-hydrogen) atoms. The molecule has 3 rings (SSSR count). The number of hydrogen-bond acceptors (Lipinski definition) is 4. The summed E-state index contributed by atoms with van der Waals surface area (Å²) >= 11 is 1.45. The molecule has 1 aliphatic heterocycles. The molecular weight excluding hydrogens is 380 g/mol. The molecule has 2 aromatic rings. The lowest BCUT2D eigenvalue weighted by molar-refractivity contribution is -0.118. The van der Waals surface area contributed by atoms with Gasteiger partial charge in [0.15, 0.2) is 0 Å². The van der Waals surface area contributed by atoms with Crippen LogP contribution in [0.3, 0.4) is 0 Å². The lowest BCUT2D eigenvalue weighted by atomic mass is 9.99. The summed E-state index contributed by atoms with van der Waals surface area (Å²) in [4.78, 5) is 12.9. The molecule has 7 heteroatoms. The van der Waals surface area contributed by atoms with Crippen LogP contribution in [0, 0.1) is 0 Å². The molecule has 1 amide bonds. The number of para-hydroxylation sites is 1. The Kier molecular flexibility index (Phi) is 6.24. The molecule has 0 bridgehead atoms. The van der Waals surface area contributed by atoms with Gasteiger partial charge in [-0.25, -0.2) is 8.42 Å². The maximum Gasteiger partial charge on any atom is 0.244 e. The topological polar surface area (TPSA) is 66.5 Å². The number of carbonyl (C=O) groups is 1. The minimum absolute atomic E-state index is 0.231. The number of anilines is 1. The molecule has 1 N–H and O–H groups in total. The quantitative estimate of drug-likeness (QED) is 0.793. The monoisotopic (exact) mass is 404 g/mol. The molecule has 1 fully saturated rings. The molecule has 1 saturated heterocycles. The molecule has 0 saturated carbocycles. The second-order valence-corrected chi connectivity index (χ2v) is 9.53. The van der Waals surface area contributed by atoms with Crippen molar-refractivity contribution in [3.8, 4) is 0 Å². The average molecular weight is 405 g/mol. The van der Waals surface area contributed by atoms with Crippen LogP contribution >= 0.6 is 11.8 Å². The number of amides is 1. The summed E-state index contributed by atoms with van der Waals surface area (Å²) in [5.41, 5.74) is 1.78. The molecule has 1 heterocycles. The number of nitrogens with zero attached hydrogens (tertiary/aromatic N) is 1. The van der Waals surface area contributed by atoms with Crippen molar-refractivity contribution < 1.29 is 13.2 Å². The molecule has 5 nitrogen and oxygen atoms in total. The van der Waals surface area contributed by atoms with Crippen LogP contribution in [0.25, 0.3) is 0 Å². The van der Waals surface area contributed by atoms with Crippen LogP contribution in [0.5, 0.6) is 0 Å². The van der Waals surface area contributed by atoms with E-state index in [1.54, 1.807) is 24.3 Å². The molecule has 0 aromatic heterocycles. The SMILES string of the molecule is CC[C@H](C)c1ccc(S(=O)(=O)N2CSC[C@@H]2C(=O)Nc2ccccc2)cc1. The second kappa shape index (κ2) is 8.46. The number of hydrogen-bond donors (Lipinski definition) is 1. The highest BCUT2D eigenvalue weighted by molar-refractivity contribution is 8.00. The number of rotatable bonds is 6. The van der Waals surface area contributed by atoms with Crippen LogP contribution in [0.15, 0.2) is 59.5 Å². The predicted octanol–water partition coefficient (Wildman–Crippen LogP) is 3.90. The Morgan fingerprint density at radius 1 is 1.19 bits per heavy atom. The van der Waals surface area contributed by atoms with Gasteiger partial charge >= 0.3 is 0 Å². The first kappa shape index (κ1) is 19.9. The van der Waals surface area contributed by atoms with Crippen molar-refractivity contribution in [2.45, 2.75) is 37.1 Å². The van der Waals surface area contributed by atoms with Crippen LogP contribution in [0.1, 0.15) is 31.7 Å². The normalized spacial score (nSPS) is 19.0. The van der Waals surface area contributed by atoms with Crippen molar-refractivity contribution in [1.82, 2.24) is 4.31 Å². The molecule has 0 unspecified atom stereocenters. The van der Waals surface area contributed by atoms with Crippen LogP contribution in [0.4, 0.5) is 5.69 Å². The third kappa shape index (κ3) is 4.36. The lowest BCUT2D eigenvalue weighted by Gasteiger charge is -2.23. The number of carbonyl (C=O) groups excluding carboxylic acids is 1. The fourth-order valence-electron chi connectivity index (χ4n) is 2.96. The summed E-state index contributed by atoms with van der Waals surface area (Å²) in [6.45, 7) is 4.22. The summed E-state index contributed by atoms with van der Waals surface area (Å²) in [5.74, 6) is 0.810. The van der Waals surface area contributed by atoms with E-state index < -0.39 is 16.1 Å². The van der Waals surface area contributed by atoms with Crippen LogP contribution in [0.2, 0.25) is 0 Å². The highest BCUT2D eigenvalue weighted by atomic mass is 32.2. The van der Waals surface area contributed by atoms with Gasteiger partial charge in [0.1, 0.15) is 6.04 Å². The lowest BCUT2D eigenvalue weighted by Crippen LogP contribution is -2.44. The molecule has 2 atom stereocenters. The van der Waals surface area contributed by atoms with E-state index in [0.29, 0.717) is 17.4 Å². The minimum atomic E-state index is -3.72. The van der Waals surface area contributed by atoms with E-state index in [2.05, 4.69) is 19.2 Å². The van der Waals surface area contributed by atoms with Gasteiger partial charge in [-0.2, -0.15) is 4.31 Å². The molecule has 0 spiro atoms. The van der Waals surface area contributed by atoms with Gasteiger partial charge in [0.25, 0.3) is 0 Å². The van der Waals surface area contributed by atoms with Gasteiger partial charge in [-0.3, -0.25) is 4.79 Å². The summed E-state index contributed by atoms with van der Waals surface area (Å²) in [6, 6.07) is 15.4. The van der Waals surface area contributed by atoms with Gasteiger partial charge in [0.2, 0.25) is 15.9 Å². The molecular formula is C20H24N2O3S2. The van der Waals surface area contributed by atoms with Gasteiger partial charge in [-0.05, 0) is 42.2 Å². The van der Waals surface area contributed by atoms with E-state index in [4.69, 9.17) is 0 Å². The van der Waals surface area contributed by atoms with E-state index in [1.807, 2.05) is 30.3 Å². The summed E-state index contributed by atoms with van der Waals surface area (Å²) in [7, 11) is -3.72. The molecule has 144 valence electrons. The zero-order chi connectivity index (χ0) is 19.4. The van der Waals surface area contributed by atoms with Gasteiger partial charge in [0.05, 0.1) is 10.8 Å². The third-order valence-corrected chi connectivity index (χ3v) is 7.90. The Morgan fingerprint density at radius 3 is 2.48 bits per heavy atom. The Morgan fingerprint density at radius 2 is 1.85 bits per heavy atom. The largest absolute Gasteiger partial charge is 0.325 e. The second-order valence-electron chi connectivity index (χ2n) is 6.64. The van der Waals surface area contributed by atoms with Crippen molar-refractivity contribution in [2.75, 3.05) is 16.9 Å². The first-order valence-corrected chi connectivity index (χ1v) is 11.6. The number of benzene rings is 2. The maximum atomic E-state index is 13.1. The number of sulfonamides is 1. The van der Waals surface area contributed by atoms with Crippen molar-refractivity contribution in [3.05, 3.63) is 60.2 Å². The van der Waals surface area contributed by atoms with E-state index in [0.717, 1.165) is 12.0 Å². The highest BCUT2D eigenvalue weighted by Gasteiger charge is 2.40. The minimum Gasteiger partial charge on any atom is -0.325 e. The number of nitrogens with one attached hydrogen (secondary N) is 1. The third-order valence-electron chi connectivity index (χ3n) is 4.85. The van der Waals surface area contributed by atoms with Crippen LogP contribution in [-0.2, 0) is 14.8 Å². The van der Waals surface area contributed by atoms with Gasteiger partial charge in [-0.1, -0.05) is 44.2 Å². The van der Waals surface area contributed by atoms with Crippen molar-refractivity contribution in [1.29, 1.82) is 0 Å². The molecule has 0 aliphatic carbocycles. The summed E-state index contributed by atoms with van der Waals surface area (Å²) in [6.07, 6.45) is 0.997. The molecule has 0 radical (unpaired) electrons. The van der Waals surface area contributed by atoms with E-state index in [9.17, 15) is 13.2 Å². The van der Waals surface area contributed by atoms with Crippen LogP contribution in [-0.4, -0.2) is 36.3 Å². The van der Waals surface area contributed by atoms with Gasteiger partial charge in [-0.15, -0.1) is 11.8 Å². The smallest absolute Gasteiger partial charge is 0.244 e. The standard InChI is InChI=1S/C20H24N2O3S2/c1-3-15(2)16-9-11-18(12-10-16)27(24,25)22-14-26-13-19(22)20(23)21-17-7-5-4-6-8-17/h4-12,15,19H,3,13-14H2,1-2H3,(H,21,23)/t15-,19+/m0/s1. The maximum absolute atomic E-state index is 13.1. The fourth-order valence-corrected chi connectivity index (χ4v) is 6.11. The summed E-state index contributed by atoms with van der Waals surface area (Å²) in [5, 5.41) is 2.81. The van der Waals surface area contributed by atoms with E-state index in [-0.39, 0.29) is 16.7 Å². The van der Waals surface area contributed by atoms with Crippen LogP contribution < -0.4 is 5.32 Å². The Labute approximate surface area is 165 Å². The predicted molar refractivity (Wildman–Crippen MR) is 110 cm³/mol. The van der Waals surface area contributed by atoms with Crippen molar-refractivity contribution >= 4 is 33.4 Å². The Bertz CT molecular complexity index is 883. The average Bonchev–Trinajstić information content (AvgIpc) is 3.19. The van der Waals surface area contributed by atoms with Crippen molar-refractivity contribution in [3.63, 3.8) is 0 Å². The first-order valence-electron chi connectivity index (χ1n) is 8.99. The molecule has 1 aliphatic rings. The van der Waals surface area contributed by atoms with Gasteiger partial charge in [0, 0.05) is 11.4 Å². The zero-order valence-electron chi connectivity index (χ0n) is 15.5. The fraction of sp³-hybridized carbons (Fsp3) is 0.350. The van der Waals surface area contributed by atoms with Crippen molar-refractivity contribution in [2.24, 2.45) is 0 Å².